The van der Waals surface area contributed by atoms with Gasteiger partial charge in [0.25, 0.3) is 0 Å². The first kappa shape index (κ1) is 15.6. The molecule has 0 N–H and O–H groups in total. The number of nitrogens with zero attached hydrogens (tertiary/aromatic N) is 1. The van der Waals surface area contributed by atoms with E-state index < -0.39 is 0 Å². The van der Waals surface area contributed by atoms with Crippen LogP contribution in [0.5, 0.6) is 0 Å². The van der Waals surface area contributed by atoms with Gasteiger partial charge < -0.3 is 4.57 Å². The molecule has 1 rings (SSSR count). The van der Waals surface area contributed by atoms with Gasteiger partial charge in [0, 0.05) is 18.1 Å². The molecule has 1 heterocycles. The van der Waals surface area contributed by atoms with E-state index in [2.05, 4.69) is 71.5 Å². The third-order valence-electron chi connectivity index (χ3n) is 3.22. The molecule has 0 radical (unpaired) electrons. The lowest BCUT2D eigenvalue weighted by Gasteiger charge is -2.27. The van der Waals surface area contributed by atoms with Crippen LogP contribution in [0, 0.1) is 0 Å². The normalized spacial score (nSPS) is 12.9. The first-order valence-electron chi connectivity index (χ1n) is 6.80. The molecule has 19 heavy (non-hydrogen) atoms. The molecule has 104 valence electrons. The summed E-state index contributed by atoms with van der Waals surface area (Å²) in [5.74, 6) is 0. The lowest BCUT2D eigenvalue weighted by atomic mass is 9.76. The van der Waals surface area contributed by atoms with Crippen LogP contribution >= 0.6 is 0 Å². The minimum absolute atomic E-state index is 0.0950. The molecule has 0 bridgehead atoms. The maximum absolute atomic E-state index is 3.92. The van der Waals surface area contributed by atoms with Crippen LogP contribution in [0.2, 0.25) is 0 Å². The van der Waals surface area contributed by atoms with Crippen molar-refractivity contribution in [2.45, 2.75) is 52.4 Å². The Labute approximate surface area is 118 Å². The van der Waals surface area contributed by atoms with Crippen LogP contribution in [0.1, 0.15) is 58.4 Å². The first-order chi connectivity index (χ1) is 8.62. The summed E-state index contributed by atoms with van der Waals surface area (Å²) in [7, 11) is 0. The second-order valence-corrected chi connectivity index (χ2v) is 6.99. The lowest BCUT2D eigenvalue weighted by Crippen LogP contribution is -2.20. The van der Waals surface area contributed by atoms with E-state index in [1.54, 1.807) is 0 Å². The van der Waals surface area contributed by atoms with E-state index in [0.29, 0.717) is 0 Å². The predicted octanol–water partition coefficient (Wildman–Crippen LogP) is 5.38. The van der Waals surface area contributed by atoms with Crippen LogP contribution in [-0.2, 0) is 10.8 Å². The molecule has 1 nitrogen and oxygen atoms in total. The molecule has 1 heteroatoms. The van der Waals surface area contributed by atoms with Gasteiger partial charge in [-0.3, -0.25) is 0 Å². The van der Waals surface area contributed by atoms with Crippen molar-refractivity contribution in [3.05, 3.63) is 48.3 Å². The van der Waals surface area contributed by atoms with E-state index >= 15 is 0 Å². The number of hydrogen-bond acceptors (Lipinski definition) is 0. The van der Waals surface area contributed by atoms with Crippen molar-refractivity contribution < 1.29 is 0 Å². The summed E-state index contributed by atoms with van der Waals surface area (Å²) < 4.78 is 2.11. The van der Waals surface area contributed by atoms with E-state index in [0.717, 1.165) is 0 Å². The Bertz CT molecular complexity index is 499. The molecular weight excluding hydrogens is 230 g/mol. The maximum atomic E-state index is 3.92. The number of hydrogen-bond donors (Lipinski definition) is 0. The quantitative estimate of drug-likeness (QED) is 0.640. The molecule has 0 fully saturated rings. The second kappa shape index (κ2) is 5.24. The summed E-state index contributed by atoms with van der Waals surface area (Å²) in [6.07, 6.45) is 9.98. The van der Waals surface area contributed by atoms with E-state index in [1.165, 1.54) is 16.8 Å². The fraction of sp³-hybridized carbons (Fsp3) is 0.444. The molecule has 0 aromatic carbocycles. The number of aromatic nitrogens is 1. The lowest BCUT2D eigenvalue weighted by molar-refractivity contribution is 0.534. The Balaban J connectivity index is 3.68. The van der Waals surface area contributed by atoms with Crippen LogP contribution in [0.3, 0.4) is 0 Å². The van der Waals surface area contributed by atoms with Gasteiger partial charge in [-0.15, -0.1) is 0 Å². The van der Waals surface area contributed by atoms with Gasteiger partial charge in [0.1, 0.15) is 0 Å². The summed E-state index contributed by atoms with van der Waals surface area (Å²) in [5.41, 5.74) is 4.18. The minimum Gasteiger partial charge on any atom is -0.324 e. The van der Waals surface area contributed by atoms with Crippen molar-refractivity contribution in [3.8, 4) is 0 Å². The third kappa shape index (κ3) is 3.28. The summed E-state index contributed by atoms with van der Waals surface area (Å²) in [6, 6.07) is 0. The molecule has 0 saturated heterocycles. The molecule has 0 spiro atoms. The topological polar surface area (TPSA) is 4.93 Å². The van der Waals surface area contributed by atoms with Crippen molar-refractivity contribution in [1.82, 2.24) is 4.57 Å². The Hall–Kier alpha value is -1.50. The molecule has 1 aromatic heterocycles. The molecule has 0 aliphatic rings. The Kier molecular flexibility index (Phi) is 4.29. The fourth-order valence-electron chi connectivity index (χ4n) is 2.38. The van der Waals surface area contributed by atoms with Crippen LogP contribution in [0.15, 0.2) is 31.5 Å². The van der Waals surface area contributed by atoms with Gasteiger partial charge in [0.05, 0.1) is 0 Å². The maximum Gasteiger partial charge on any atom is 0.0490 e. The van der Waals surface area contributed by atoms with Crippen LogP contribution in [0.4, 0.5) is 0 Å². The highest BCUT2D eigenvalue weighted by molar-refractivity contribution is 5.61. The van der Waals surface area contributed by atoms with Gasteiger partial charge in [0.2, 0.25) is 0 Å². The zero-order valence-electron chi connectivity index (χ0n) is 13.2. The largest absolute Gasteiger partial charge is 0.324 e. The Morgan fingerprint density at radius 1 is 1.00 bits per heavy atom. The zero-order valence-corrected chi connectivity index (χ0v) is 13.2. The molecule has 1 aromatic rings. The highest BCUT2D eigenvalue weighted by Gasteiger charge is 2.29. The Morgan fingerprint density at radius 3 is 1.95 bits per heavy atom. The van der Waals surface area contributed by atoms with Crippen LogP contribution in [0.25, 0.3) is 12.3 Å². The van der Waals surface area contributed by atoms with Gasteiger partial charge in [-0.1, -0.05) is 66.9 Å². The Morgan fingerprint density at radius 2 is 1.58 bits per heavy atom. The van der Waals surface area contributed by atoms with E-state index in [1.807, 2.05) is 18.4 Å². The van der Waals surface area contributed by atoms with Crippen molar-refractivity contribution >= 4 is 12.3 Å². The number of rotatable bonds is 3. The summed E-state index contributed by atoms with van der Waals surface area (Å²) in [6.45, 7) is 21.2. The molecule has 0 aliphatic carbocycles. The summed E-state index contributed by atoms with van der Waals surface area (Å²) in [5, 5.41) is 0. The van der Waals surface area contributed by atoms with Gasteiger partial charge in [0.15, 0.2) is 0 Å². The second-order valence-electron chi connectivity index (χ2n) is 6.99. The first-order valence-corrected chi connectivity index (χ1v) is 6.80. The van der Waals surface area contributed by atoms with Crippen molar-refractivity contribution in [2.24, 2.45) is 0 Å². The SMILES string of the molecule is C=C/C=C\c1c(C(C)(C)C)c(C(C)(C)C)cn1C=C. The summed E-state index contributed by atoms with van der Waals surface area (Å²) in [4.78, 5) is 0. The monoisotopic (exact) mass is 257 g/mol. The standard InChI is InChI=1S/C18H27N/c1-9-11-12-15-16(18(6,7)8)14(17(3,4)5)13-19(15)10-2/h9-13H,1-2H2,3-8H3/b12-11-. The smallest absolute Gasteiger partial charge is 0.0490 e. The zero-order chi connectivity index (χ0) is 14.8. The van der Waals surface area contributed by atoms with Crippen LogP contribution < -0.4 is 0 Å². The number of allylic oxidation sites excluding steroid dienone is 2. The van der Waals surface area contributed by atoms with Gasteiger partial charge in [-0.05, 0) is 28.0 Å². The van der Waals surface area contributed by atoms with Gasteiger partial charge >= 0.3 is 0 Å². The third-order valence-corrected chi connectivity index (χ3v) is 3.22. The molecule has 0 amide bonds. The van der Waals surface area contributed by atoms with E-state index in [4.69, 9.17) is 0 Å². The molecule has 0 aliphatic heterocycles. The fourth-order valence-corrected chi connectivity index (χ4v) is 2.38. The van der Waals surface area contributed by atoms with Crippen LogP contribution in [-0.4, -0.2) is 4.57 Å². The molecule has 0 saturated carbocycles. The molecule has 0 unspecified atom stereocenters. The van der Waals surface area contributed by atoms with Crippen molar-refractivity contribution in [2.75, 3.05) is 0 Å². The van der Waals surface area contributed by atoms with E-state index in [9.17, 15) is 0 Å². The molecule has 0 atom stereocenters. The summed E-state index contributed by atoms with van der Waals surface area (Å²) >= 11 is 0. The average molecular weight is 257 g/mol. The average Bonchev–Trinajstić information content (AvgIpc) is 2.63. The highest BCUT2D eigenvalue weighted by atomic mass is 14.9. The molecular formula is C18H27N. The van der Waals surface area contributed by atoms with Crippen molar-refractivity contribution in [1.29, 1.82) is 0 Å². The predicted molar refractivity (Wildman–Crippen MR) is 87.5 cm³/mol. The minimum atomic E-state index is 0.0950. The highest BCUT2D eigenvalue weighted by Crippen LogP contribution is 2.38. The van der Waals surface area contributed by atoms with Gasteiger partial charge in [-0.2, -0.15) is 0 Å². The van der Waals surface area contributed by atoms with Gasteiger partial charge in [-0.25, -0.2) is 0 Å². The van der Waals surface area contributed by atoms with E-state index in [-0.39, 0.29) is 10.8 Å². The van der Waals surface area contributed by atoms with Crippen molar-refractivity contribution in [3.63, 3.8) is 0 Å².